The van der Waals surface area contributed by atoms with Gasteiger partial charge in [-0.2, -0.15) is 0 Å². The molecule has 1 aromatic heterocycles. The molecule has 0 aliphatic heterocycles. The lowest BCUT2D eigenvalue weighted by molar-refractivity contribution is 0.102. The second-order valence-corrected chi connectivity index (χ2v) is 5.33. The Morgan fingerprint density at radius 3 is 2.43 bits per heavy atom. The highest BCUT2D eigenvalue weighted by atomic mass is 35.5. The number of hydrogen-bond donors (Lipinski definition) is 3. The van der Waals surface area contributed by atoms with Crippen LogP contribution in [0.1, 0.15) is 10.5 Å². The Morgan fingerprint density at radius 1 is 1.10 bits per heavy atom. The van der Waals surface area contributed by atoms with Crippen LogP contribution in [0, 0.1) is 0 Å². The molecule has 1 heterocycles. The van der Waals surface area contributed by atoms with Crippen molar-refractivity contribution in [3.8, 4) is 5.75 Å². The maximum absolute atomic E-state index is 12.2. The Bertz CT molecular complexity index is 787. The minimum Gasteiger partial charge on any atom is -0.505 e. The van der Waals surface area contributed by atoms with Gasteiger partial charge >= 0.3 is 0 Å². The number of hydrogen-bond acceptors (Lipinski definition) is 2. The number of benzene rings is 2. The Morgan fingerprint density at radius 2 is 1.76 bits per heavy atom. The van der Waals surface area contributed by atoms with Gasteiger partial charge in [-0.25, -0.2) is 0 Å². The third-order valence-electron chi connectivity index (χ3n) is 3.05. The zero-order valence-electron chi connectivity index (χ0n) is 10.7. The summed E-state index contributed by atoms with van der Waals surface area (Å²) in [5, 5.41) is 13.3. The number of H-pyrrole nitrogens is 1. The summed E-state index contributed by atoms with van der Waals surface area (Å²) in [6.45, 7) is 0. The SMILES string of the molecule is O=C(Nc1cc(Cl)c(O)c(Cl)c1)c1cc2ccccc2[nH]1. The zero-order chi connectivity index (χ0) is 15.0. The molecule has 0 spiro atoms. The molecule has 0 aliphatic rings. The van der Waals surface area contributed by atoms with Gasteiger partial charge in [-0.05, 0) is 24.3 Å². The van der Waals surface area contributed by atoms with Crippen LogP contribution in [0.3, 0.4) is 0 Å². The first-order chi connectivity index (χ1) is 10.0. The van der Waals surface area contributed by atoms with E-state index in [1.54, 1.807) is 6.07 Å². The number of para-hydroxylation sites is 1. The summed E-state index contributed by atoms with van der Waals surface area (Å²) in [4.78, 5) is 15.2. The molecule has 0 saturated carbocycles. The van der Waals surface area contributed by atoms with Crippen LogP contribution in [-0.4, -0.2) is 16.0 Å². The second-order valence-electron chi connectivity index (χ2n) is 4.51. The standard InChI is InChI=1S/C15H10Cl2N2O2/c16-10-6-9(7-11(17)14(10)20)18-15(21)13-5-8-3-1-2-4-12(8)19-13/h1-7,19-20H,(H,18,21). The highest BCUT2D eigenvalue weighted by Gasteiger charge is 2.12. The molecule has 6 heteroatoms. The third kappa shape index (κ3) is 2.68. The van der Waals surface area contributed by atoms with Crippen LogP contribution in [0.5, 0.6) is 5.75 Å². The van der Waals surface area contributed by atoms with Crippen LogP contribution in [0.25, 0.3) is 10.9 Å². The Labute approximate surface area is 130 Å². The molecular weight excluding hydrogens is 311 g/mol. The largest absolute Gasteiger partial charge is 0.505 e. The average Bonchev–Trinajstić information content (AvgIpc) is 2.88. The molecule has 0 aliphatic carbocycles. The quantitative estimate of drug-likeness (QED) is 0.611. The Kier molecular flexibility index (Phi) is 3.49. The highest BCUT2D eigenvalue weighted by molar-refractivity contribution is 6.37. The van der Waals surface area contributed by atoms with Crippen LogP contribution < -0.4 is 5.32 Å². The average molecular weight is 321 g/mol. The minimum absolute atomic E-state index is 0.0782. The first kappa shape index (κ1) is 13.8. The van der Waals surface area contributed by atoms with Gasteiger partial charge in [0.1, 0.15) is 5.69 Å². The smallest absolute Gasteiger partial charge is 0.272 e. The molecule has 106 valence electrons. The number of halogens is 2. The molecule has 3 aromatic rings. The molecule has 21 heavy (non-hydrogen) atoms. The van der Waals surface area contributed by atoms with Gasteiger partial charge in [-0.15, -0.1) is 0 Å². The van der Waals surface area contributed by atoms with E-state index in [0.717, 1.165) is 10.9 Å². The Balaban J connectivity index is 1.89. The predicted molar refractivity (Wildman–Crippen MR) is 84.4 cm³/mol. The van der Waals surface area contributed by atoms with Crippen molar-refractivity contribution in [3.05, 3.63) is 58.2 Å². The van der Waals surface area contributed by atoms with E-state index in [1.165, 1.54) is 12.1 Å². The number of aromatic amines is 1. The lowest BCUT2D eigenvalue weighted by Gasteiger charge is -2.06. The van der Waals surface area contributed by atoms with Gasteiger partial charge in [0.15, 0.2) is 5.75 Å². The highest BCUT2D eigenvalue weighted by Crippen LogP contribution is 2.34. The first-order valence-electron chi connectivity index (χ1n) is 6.12. The number of fused-ring (bicyclic) bond motifs is 1. The Hall–Kier alpha value is -2.17. The van der Waals surface area contributed by atoms with E-state index >= 15 is 0 Å². The predicted octanol–water partition coefficient (Wildman–Crippen LogP) is 4.43. The lowest BCUT2D eigenvalue weighted by Crippen LogP contribution is -2.12. The van der Waals surface area contributed by atoms with Crippen molar-refractivity contribution in [1.29, 1.82) is 0 Å². The minimum atomic E-state index is -0.316. The number of aromatic nitrogens is 1. The number of phenols is 1. The molecule has 0 radical (unpaired) electrons. The van der Waals surface area contributed by atoms with E-state index in [2.05, 4.69) is 10.3 Å². The van der Waals surface area contributed by atoms with Gasteiger partial charge in [0.05, 0.1) is 10.0 Å². The summed E-state index contributed by atoms with van der Waals surface area (Å²) in [6.07, 6.45) is 0. The lowest BCUT2D eigenvalue weighted by atomic mass is 10.2. The molecular formula is C15H10Cl2N2O2. The van der Waals surface area contributed by atoms with Crippen molar-refractivity contribution in [2.45, 2.75) is 0 Å². The molecule has 4 nitrogen and oxygen atoms in total. The van der Waals surface area contributed by atoms with Crippen LogP contribution >= 0.6 is 23.2 Å². The zero-order valence-corrected chi connectivity index (χ0v) is 12.2. The molecule has 0 unspecified atom stereocenters. The number of rotatable bonds is 2. The van der Waals surface area contributed by atoms with Crippen LogP contribution in [0.4, 0.5) is 5.69 Å². The van der Waals surface area contributed by atoms with E-state index in [4.69, 9.17) is 23.2 Å². The van der Waals surface area contributed by atoms with Crippen molar-refractivity contribution in [2.24, 2.45) is 0 Å². The fourth-order valence-electron chi connectivity index (χ4n) is 2.03. The summed E-state index contributed by atoms with van der Waals surface area (Å²) < 4.78 is 0. The van der Waals surface area contributed by atoms with Gasteiger partial charge in [0.2, 0.25) is 0 Å². The number of nitrogens with one attached hydrogen (secondary N) is 2. The van der Waals surface area contributed by atoms with Gasteiger partial charge < -0.3 is 15.4 Å². The monoisotopic (exact) mass is 320 g/mol. The van der Waals surface area contributed by atoms with Crippen molar-refractivity contribution < 1.29 is 9.90 Å². The second kappa shape index (κ2) is 5.31. The topological polar surface area (TPSA) is 65.1 Å². The van der Waals surface area contributed by atoms with E-state index in [0.29, 0.717) is 11.4 Å². The van der Waals surface area contributed by atoms with Gasteiger partial charge in [-0.1, -0.05) is 41.4 Å². The number of carbonyl (C=O) groups excluding carboxylic acids is 1. The van der Waals surface area contributed by atoms with Crippen molar-refractivity contribution in [2.75, 3.05) is 5.32 Å². The normalized spacial score (nSPS) is 10.8. The molecule has 0 bridgehead atoms. The van der Waals surface area contributed by atoms with Gasteiger partial charge in [-0.3, -0.25) is 4.79 Å². The summed E-state index contributed by atoms with van der Waals surface area (Å²) in [6, 6.07) is 12.2. The molecule has 3 N–H and O–H groups in total. The molecule has 1 amide bonds. The van der Waals surface area contributed by atoms with Crippen molar-refractivity contribution in [3.63, 3.8) is 0 Å². The molecule has 0 fully saturated rings. The summed E-state index contributed by atoms with van der Waals surface area (Å²) in [7, 11) is 0. The van der Waals surface area contributed by atoms with Gasteiger partial charge in [0.25, 0.3) is 5.91 Å². The van der Waals surface area contributed by atoms with E-state index in [-0.39, 0.29) is 21.7 Å². The summed E-state index contributed by atoms with van der Waals surface area (Å²) in [5.74, 6) is -0.522. The number of amides is 1. The molecule has 0 atom stereocenters. The fourth-order valence-corrected chi connectivity index (χ4v) is 2.52. The summed E-state index contributed by atoms with van der Waals surface area (Å²) in [5.41, 5.74) is 1.72. The third-order valence-corrected chi connectivity index (χ3v) is 3.63. The van der Waals surface area contributed by atoms with Crippen molar-refractivity contribution in [1.82, 2.24) is 4.98 Å². The fraction of sp³-hybridized carbons (Fsp3) is 0. The number of phenolic OH excluding ortho intramolecular Hbond substituents is 1. The van der Waals surface area contributed by atoms with Crippen LogP contribution in [0.15, 0.2) is 42.5 Å². The summed E-state index contributed by atoms with van der Waals surface area (Å²) >= 11 is 11.6. The maximum Gasteiger partial charge on any atom is 0.272 e. The maximum atomic E-state index is 12.2. The van der Waals surface area contributed by atoms with Gasteiger partial charge in [0, 0.05) is 16.6 Å². The first-order valence-corrected chi connectivity index (χ1v) is 6.87. The molecule has 3 rings (SSSR count). The van der Waals surface area contributed by atoms with Crippen molar-refractivity contribution >= 4 is 45.7 Å². The van der Waals surface area contributed by atoms with E-state index in [1.807, 2.05) is 24.3 Å². The number of carbonyl (C=O) groups is 1. The molecule has 2 aromatic carbocycles. The van der Waals surface area contributed by atoms with E-state index < -0.39 is 0 Å². The molecule has 0 saturated heterocycles. The number of anilines is 1. The van der Waals surface area contributed by atoms with Crippen LogP contribution in [0.2, 0.25) is 10.0 Å². The van der Waals surface area contributed by atoms with Crippen LogP contribution in [-0.2, 0) is 0 Å². The van der Waals surface area contributed by atoms with E-state index in [9.17, 15) is 9.90 Å². The number of aromatic hydroxyl groups is 1.